The molecule has 1 amide bonds. The van der Waals surface area contributed by atoms with Crippen LogP contribution in [0.5, 0.6) is 11.5 Å². The Balaban J connectivity index is 0.00000280. The van der Waals surface area contributed by atoms with Crippen LogP contribution >= 0.6 is 12.4 Å². The number of halogens is 1. The highest BCUT2D eigenvalue weighted by molar-refractivity contribution is 5.95. The molecule has 150 valence electrons. The predicted octanol–water partition coefficient (Wildman–Crippen LogP) is 3.42. The summed E-state index contributed by atoms with van der Waals surface area (Å²) in [5.74, 6) is 1.27. The molecule has 2 N–H and O–H groups in total. The maximum Gasteiger partial charge on any atom is 0.254 e. The van der Waals surface area contributed by atoms with Gasteiger partial charge in [0.05, 0.1) is 14.2 Å². The molecule has 0 unspecified atom stereocenters. The first-order valence-corrected chi connectivity index (χ1v) is 9.04. The number of benzene rings is 2. The Morgan fingerprint density at radius 2 is 1.93 bits per heavy atom. The van der Waals surface area contributed by atoms with Crippen LogP contribution in [0.15, 0.2) is 55.1 Å². The van der Waals surface area contributed by atoms with E-state index in [4.69, 9.17) is 15.2 Å². The van der Waals surface area contributed by atoms with Gasteiger partial charge in [0.1, 0.15) is 0 Å². The Morgan fingerprint density at radius 1 is 1.21 bits per heavy atom. The summed E-state index contributed by atoms with van der Waals surface area (Å²) in [7, 11) is 3.16. The van der Waals surface area contributed by atoms with Crippen molar-refractivity contribution in [3.8, 4) is 11.5 Å². The molecule has 0 aromatic heterocycles. The summed E-state index contributed by atoms with van der Waals surface area (Å²) in [6.07, 6.45) is 2.37. The van der Waals surface area contributed by atoms with Gasteiger partial charge < -0.3 is 20.1 Å². The van der Waals surface area contributed by atoms with Gasteiger partial charge in [-0.15, -0.1) is 19.0 Å². The number of hydrogen-bond donors (Lipinski definition) is 1. The van der Waals surface area contributed by atoms with Gasteiger partial charge in [-0.3, -0.25) is 4.79 Å². The fraction of sp³-hybridized carbons (Fsp3) is 0.318. The van der Waals surface area contributed by atoms with Crippen LogP contribution < -0.4 is 15.2 Å². The highest BCUT2D eigenvalue weighted by atomic mass is 35.5. The van der Waals surface area contributed by atoms with E-state index in [9.17, 15) is 4.79 Å². The molecule has 28 heavy (non-hydrogen) atoms. The fourth-order valence-electron chi connectivity index (χ4n) is 3.70. The summed E-state index contributed by atoms with van der Waals surface area (Å²) >= 11 is 0. The minimum Gasteiger partial charge on any atom is -0.493 e. The van der Waals surface area contributed by atoms with E-state index < -0.39 is 0 Å². The second-order valence-corrected chi connectivity index (χ2v) is 6.75. The number of nitrogens with two attached hydrogens (primary N) is 1. The van der Waals surface area contributed by atoms with Gasteiger partial charge in [-0.05, 0) is 24.1 Å². The molecular weight excluding hydrogens is 376 g/mol. The molecule has 1 heterocycles. The molecule has 0 aliphatic carbocycles. The summed E-state index contributed by atoms with van der Waals surface area (Å²) in [5, 5.41) is 0. The monoisotopic (exact) mass is 402 g/mol. The average molecular weight is 403 g/mol. The van der Waals surface area contributed by atoms with Crippen molar-refractivity contribution < 1.29 is 14.3 Å². The van der Waals surface area contributed by atoms with Crippen molar-refractivity contribution >= 4 is 18.3 Å². The predicted molar refractivity (Wildman–Crippen MR) is 114 cm³/mol. The van der Waals surface area contributed by atoms with Crippen molar-refractivity contribution in [2.75, 3.05) is 27.3 Å². The van der Waals surface area contributed by atoms with Crippen molar-refractivity contribution in [3.63, 3.8) is 0 Å². The first-order valence-electron chi connectivity index (χ1n) is 9.04. The van der Waals surface area contributed by atoms with Gasteiger partial charge in [-0.25, -0.2) is 0 Å². The lowest BCUT2D eigenvalue weighted by molar-refractivity contribution is 0.0788. The zero-order chi connectivity index (χ0) is 19.4. The Bertz CT molecular complexity index is 826. The maximum atomic E-state index is 13.1. The third kappa shape index (κ3) is 4.32. The minimum atomic E-state index is -0.0795. The molecule has 0 bridgehead atoms. The van der Waals surface area contributed by atoms with Crippen LogP contribution in [-0.2, 0) is 6.42 Å². The number of ether oxygens (including phenoxy) is 2. The van der Waals surface area contributed by atoms with Crippen molar-refractivity contribution in [2.45, 2.75) is 18.4 Å². The molecule has 2 aromatic carbocycles. The van der Waals surface area contributed by atoms with Crippen LogP contribution in [0.3, 0.4) is 0 Å². The highest BCUT2D eigenvalue weighted by Crippen LogP contribution is 2.34. The lowest BCUT2D eigenvalue weighted by atomic mass is 9.95. The number of hydrogen-bond acceptors (Lipinski definition) is 4. The van der Waals surface area contributed by atoms with Crippen LogP contribution in [0.1, 0.15) is 27.4 Å². The summed E-state index contributed by atoms with van der Waals surface area (Å²) in [4.78, 5) is 15.0. The van der Waals surface area contributed by atoms with Gasteiger partial charge in [0.2, 0.25) is 0 Å². The Morgan fingerprint density at radius 3 is 2.54 bits per heavy atom. The number of rotatable bonds is 6. The second-order valence-electron chi connectivity index (χ2n) is 6.75. The molecule has 0 saturated carbocycles. The van der Waals surface area contributed by atoms with E-state index in [1.54, 1.807) is 26.4 Å². The molecule has 0 spiro atoms. The minimum absolute atomic E-state index is 0. The van der Waals surface area contributed by atoms with Gasteiger partial charge in [-0.2, -0.15) is 0 Å². The summed E-state index contributed by atoms with van der Waals surface area (Å²) in [6.45, 7) is 4.92. The van der Waals surface area contributed by atoms with Crippen LogP contribution in [0, 0.1) is 0 Å². The normalized spacial score (nSPS) is 18.3. The average Bonchev–Trinajstić information content (AvgIpc) is 3.09. The number of likely N-dealkylation sites (tertiary alicyclic amines) is 1. The standard InChI is InChI=1S/C22H26N2O3.ClH/c1-4-8-16-11-17(12-20(26-2)21(16)27-3)22(25)24-13-18(19(23)14-24)15-9-6-5-7-10-15;/h4-7,9-12,18-19H,1,8,13-14,23H2,2-3H3;1H/t18-,19+;/m0./s1. The quantitative estimate of drug-likeness (QED) is 0.752. The topological polar surface area (TPSA) is 64.8 Å². The SMILES string of the molecule is C=CCc1cc(C(=O)N2C[C@@H](N)[C@H](c3ccccc3)C2)cc(OC)c1OC.Cl. The van der Waals surface area contributed by atoms with E-state index >= 15 is 0 Å². The molecule has 2 atom stereocenters. The summed E-state index contributed by atoms with van der Waals surface area (Å²) in [6, 6.07) is 13.6. The van der Waals surface area contributed by atoms with Gasteiger partial charge in [0.15, 0.2) is 11.5 Å². The van der Waals surface area contributed by atoms with E-state index in [0.29, 0.717) is 36.6 Å². The van der Waals surface area contributed by atoms with Crippen LogP contribution in [0.2, 0.25) is 0 Å². The van der Waals surface area contributed by atoms with Gasteiger partial charge >= 0.3 is 0 Å². The van der Waals surface area contributed by atoms with Crippen molar-refractivity contribution in [3.05, 3.63) is 71.8 Å². The summed E-state index contributed by atoms with van der Waals surface area (Å²) < 4.78 is 10.9. The van der Waals surface area contributed by atoms with E-state index in [1.165, 1.54) is 5.56 Å². The van der Waals surface area contributed by atoms with Gasteiger partial charge in [-0.1, -0.05) is 36.4 Å². The van der Waals surface area contributed by atoms with Crippen molar-refractivity contribution in [1.29, 1.82) is 0 Å². The fourth-order valence-corrected chi connectivity index (χ4v) is 3.70. The number of carbonyl (C=O) groups excluding carboxylic acids is 1. The number of amides is 1. The molecular formula is C22H27ClN2O3. The first kappa shape index (κ1) is 21.8. The van der Waals surface area contributed by atoms with E-state index in [1.807, 2.05) is 29.2 Å². The largest absolute Gasteiger partial charge is 0.493 e. The molecule has 6 heteroatoms. The molecule has 1 fully saturated rings. The molecule has 5 nitrogen and oxygen atoms in total. The van der Waals surface area contributed by atoms with Gasteiger partial charge in [0, 0.05) is 36.2 Å². The highest BCUT2D eigenvalue weighted by Gasteiger charge is 2.34. The van der Waals surface area contributed by atoms with E-state index in [-0.39, 0.29) is 30.3 Å². The van der Waals surface area contributed by atoms with Crippen molar-refractivity contribution in [1.82, 2.24) is 4.90 Å². The smallest absolute Gasteiger partial charge is 0.254 e. The lowest BCUT2D eigenvalue weighted by Crippen LogP contribution is -2.32. The third-order valence-corrected chi connectivity index (χ3v) is 5.05. The number of nitrogens with zero attached hydrogens (tertiary/aromatic N) is 1. The zero-order valence-corrected chi connectivity index (χ0v) is 17.1. The van der Waals surface area contributed by atoms with Crippen molar-refractivity contribution in [2.24, 2.45) is 5.73 Å². The molecule has 3 rings (SSSR count). The second kappa shape index (κ2) is 9.62. The molecule has 1 aliphatic heterocycles. The third-order valence-electron chi connectivity index (χ3n) is 5.05. The van der Waals surface area contributed by atoms with Crippen LogP contribution in [0.25, 0.3) is 0 Å². The van der Waals surface area contributed by atoms with Crippen LogP contribution in [0.4, 0.5) is 0 Å². The Kier molecular flexibility index (Phi) is 7.49. The first-order chi connectivity index (χ1) is 13.1. The molecule has 2 aromatic rings. The molecule has 1 saturated heterocycles. The van der Waals surface area contributed by atoms with Crippen LogP contribution in [-0.4, -0.2) is 44.2 Å². The number of allylic oxidation sites excluding steroid dienone is 1. The Hall–Kier alpha value is -2.50. The van der Waals surface area contributed by atoms with Gasteiger partial charge in [0.25, 0.3) is 5.91 Å². The van der Waals surface area contributed by atoms with E-state index in [0.717, 1.165) is 5.56 Å². The maximum absolute atomic E-state index is 13.1. The molecule has 1 aliphatic rings. The molecule has 0 radical (unpaired) electrons. The Labute approximate surface area is 172 Å². The zero-order valence-electron chi connectivity index (χ0n) is 16.3. The summed E-state index contributed by atoms with van der Waals surface area (Å²) in [5.41, 5.74) is 8.96. The van der Waals surface area contributed by atoms with E-state index in [2.05, 4.69) is 18.7 Å². The number of carbonyl (C=O) groups is 1. The lowest BCUT2D eigenvalue weighted by Gasteiger charge is -2.19. The number of methoxy groups -OCH3 is 2.